The number of rotatable bonds is 7. The van der Waals surface area contributed by atoms with E-state index in [0.717, 1.165) is 11.3 Å². The van der Waals surface area contributed by atoms with Crippen molar-refractivity contribution in [2.75, 3.05) is 26.7 Å². The lowest BCUT2D eigenvalue weighted by atomic mass is 9.93. The summed E-state index contributed by atoms with van der Waals surface area (Å²) in [6.45, 7) is 3.59. The highest BCUT2D eigenvalue weighted by atomic mass is 16.5. The molecule has 6 nitrogen and oxygen atoms in total. The highest BCUT2D eigenvalue weighted by Crippen LogP contribution is 2.23. The van der Waals surface area contributed by atoms with Crippen LogP contribution in [0.5, 0.6) is 5.75 Å². The maximum Gasteiger partial charge on any atom is 0.237 e. The van der Waals surface area contributed by atoms with Crippen molar-refractivity contribution in [2.24, 2.45) is 0 Å². The van der Waals surface area contributed by atoms with Crippen molar-refractivity contribution >= 4 is 11.8 Å². The number of fused-ring (bicyclic) bond motifs is 1. The second-order valence-electron chi connectivity index (χ2n) is 7.02. The van der Waals surface area contributed by atoms with Crippen molar-refractivity contribution < 1.29 is 14.3 Å². The largest absolute Gasteiger partial charge is 0.492 e. The van der Waals surface area contributed by atoms with Gasteiger partial charge in [0.1, 0.15) is 12.4 Å². The van der Waals surface area contributed by atoms with Gasteiger partial charge in [0.25, 0.3) is 0 Å². The lowest BCUT2D eigenvalue weighted by Crippen LogP contribution is -2.52. The van der Waals surface area contributed by atoms with Crippen LogP contribution in [0, 0.1) is 6.92 Å². The molecule has 148 valence electrons. The average Bonchev–Trinajstić information content (AvgIpc) is 2.70. The summed E-state index contributed by atoms with van der Waals surface area (Å²) in [5.41, 5.74) is 3.46. The van der Waals surface area contributed by atoms with Gasteiger partial charge >= 0.3 is 0 Å². The van der Waals surface area contributed by atoms with Gasteiger partial charge in [0, 0.05) is 13.6 Å². The van der Waals surface area contributed by atoms with Gasteiger partial charge in [-0.25, -0.2) is 0 Å². The Morgan fingerprint density at radius 1 is 1.14 bits per heavy atom. The monoisotopic (exact) mass is 381 g/mol. The Labute approximate surface area is 165 Å². The van der Waals surface area contributed by atoms with Crippen molar-refractivity contribution in [3.8, 4) is 5.75 Å². The van der Waals surface area contributed by atoms with Gasteiger partial charge in [-0.15, -0.1) is 0 Å². The summed E-state index contributed by atoms with van der Waals surface area (Å²) in [6, 6.07) is 15.5. The third-order valence-corrected chi connectivity index (χ3v) is 4.92. The smallest absolute Gasteiger partial charge is 0.237 e. The molecule has 2 N–H and O–H groups in total. The summed E-state index contributed by atoms with van der Waals surface area (Å²) in [4.78, 5) is 26.6. The Balaban J connectivity index is 1.52. The molecule has 3 rings (SSSR count). The van der Waals surface area contributed by atoms with E-state index in [-0.39, 0.29) is 24.4 Å². The van der Waals surface area contributed by atoms with Crippen molar-refractivity contribution in [2.45, 2.75) is 25.9 Å². The van der Waals surface area contributed by atoms with Crippen molar-refractivity contribution in [1.82, 2.24) is 15.5 Å². The third kappa shape index (κ3) is 5.10. The Hall–Kier alpha value is -2.86. The molecule has 6 heteroatoms. The summed E-state index contributed by atoms with van der Waals surface area (Å²) in [7, 11) is 1.63. The molecule has 1 aliphatic heterocycles. The van der Waals surface area contributed by atoms with Crippen LogP contribution in [-0.2, 0) is 22.6 Å². The highest BCUT2D eigenvalue weighted by molar-refractivity contribution is 5.84. The zero-order chi connectivity index (χ0) is 19.9. The molecule has 2 aromatic rings. The molecule has 0 aliphatic carbocycles. The summed E-state index contributed by atoms with van der Waals surface area (Å²) in [6.07, 6.45) is 0.611. The first-order valence-electron chi connectivity index (χ1n) is 9.55. The second-order valence-corrected chi connectivity index (χ2v) is 7.02. The van der Waals surface area contributed by atoms with E-state index in [1.807, 2.05) is 54.3 Å². The summed E-state index contributed by atoms with van der Waals surface area (Å²) in [5, 5.41) is 5.59. The van der Waals surface area contributed by atoms with E-state index in [4.69, 9.17) is 4.74 Å². The molecule has 1 heterocycles. The van der Waals surface area contributed by atoms with Crippen LogP contribution in [0.15, 0.2) is 48.5 Å². The second kappa shape index (κ2) is 9.37. The number of hydrogen-bond acceptors (Lipinski definition) is 4. The van der Waals surface area contributed by atoms with Crippen LogP contribution < -0.4 is 15.4 Å². The molecule has 1 unspecified atom stereocenters. The normalized spacial score (nSPS) is 16.1. The summed E-state index contributed by atoms with van der Waals surface area (Å²) in [5.74, 6) is 0.618. The van der Waals surface area contributed by atoms with Crippen LogP contribution in [0.25, 0.3) is 0 Å². The lowest BCUT2D eigenvalue weighted by molar-refractivity contribution is -0.129. The van der Waals surface area contributed by atoms with E-state index in [2.05, 4.69) is 16.7 Å². The fourth-order valence-electron chi connectivity index (χ4n) is 3.47. The predicted molar refractivity (Wildman–Crippen MR) is 108 cm³/mol. The Morgan fingerprint density at radius 3 is 2.68 bits per heavy atom. The number of aryl methyl sites for hydroxylation is 1. The molecule has 0 spiro atoms. The van der Waals surface area contributed by atoms with E-state index in [1.54, 1.807) is 7.05 Å². The fraction of sp³-hybridized carbons (Fsp3) is 0.364. The molecule has 2 amide bonds. The number of amides is 2. The minimum atomic E-state index is -0.339. The first-order valence-corrected chi connectivity index (χ1v) is 9.55. The maximum atomic E-state index is 12.4. The molecular formula is C22H27N3O3. The molecule has 0 fully saturated rings. The minimum absolute atomic E-state index is 0.0647. The number of likely N-dealkylation sites (N-methyl/N-ethyl adjacent to an activating group) is 1. The quantitative estimate of drug-likeness (QED) is 0.716. The van der Waals surface area contributed by atoms with Crippen LogP contribution in [0.2, 0.25) is 0 Å². The van der Waals surface area contributed by atoms with E-state index in [9.17, 15) is 9.59 Å². The first-order chi connectivity index (χ1) is 13.6. The number of carbonyl (C=O) groups excluding carboxylic acids is 2. The molecule has 1 aliphatic rings. The predicted octanol–water partition coefficient (Wildman–Crippen LogP) is 1.66. The molecular weight excluding hydrogens is 354 g/mol. The van der Waals surface area contributed by atoms with Gasteiger partial charge in [-0.2, -0.15) is 0 Å². The van der Waals surface area contributed by atoms with Crippen LogP contribution >= 0.6 is 0 Å². The van der Waals surface area contributed by atoms with Gasteiger partial charge in [-0.3, -0.25) is 14.5 Å². The van der Waals surface area contributed by atoms with E-state index in [1.165, 1.54) is 11.1 Å². The Morgan fingerprint density at radius 2 is 1.93 bits per heavy atom. The van der Waals surface area contributed by atoms with Crippen molar-refractivity contribution in [1.29, 1.82) is 0 Å². The van der Waals surface area contributed by atoms with Gasteiger partial charge in [-0.05, 0) is 42.2 Å². The minimum Gasteiger partial charge on any atom is -0.492 e. The van der Waals surface area contributed by atoms with Crippen LogP contribution in [0.1, 0.15) is 16.7 Å². The SMILES string of the molecule is CNC(=O)C1Cc2ccccc2CN1CC(=O)NCCOc1cccc(C)c1. The molecule has 0 saturated carbocycles. The van der Waals surface area contributed by atoms with Gasteiger partial charge in [0.05, 0.1) is 19.1 Å². The molecule has 0 bridgehead atoms. The standard InChI is InChI=1S/C22H27N3O3/c1-16-6-5-9-19(12-16)28-11-10-24-21(26)15-25-14-18-8-4-3-7-17(18)13-20(25)22(27)23-2/h3-9,12,20H,10-11,13-15H2,1-2H3,(H,23,27)(H,24,26). The van der Waals surface area contributed by atoms with Crippen molar-refractivity contribution in [3.05, 3.63) is 65.2 Å². The summed E-state index contributed by atoms with van der Waals surface area (Å²) >= 11 is 0. The van der Waals surface area contributed by atoms with E-state index in [0.29, 0.717) is 26.1 Å². The number of benzene rings is 2. The van der Waals surface area contributed by atoms with Gasteiger partial charge < -0.3 is 15.4 Å². The topological polar surface area (TPSA) is 70.7 Å². The van der Waals surface area contributed by atoms with Crippen molar-refractivity contribution in [3.63, 3.8) is 0 Å². The fourth-order valence-corrected chi connectivity index (χ4v) is 3.47. The number of nitrogens with one attached hydrogen (secondary N) is 2. The highest BCUT2D eigenvalue weighted by Gasteiger charge is 2.31. The van der Waals surface area contributed by atoms with Gasteiger partial charge in [-0.1, -0.05) is 36.4 Å². The van der Waals surface area contributed by atoms with Crippen LogP contribution in [0.3, 0.4) is 0 Å². The average molecular weight is 381 g/mol. The zero-order valence-corrected chi connectivity index (χ0v) is 16.4. The summed E-state index contributed by atoms with van der Waals surface area (Å²) < 4.78 is 5.66. The molecule has 2 aromatic carbocycles. The molecule has 0 saturated heterocycles. The van der Waals surface area contributed by atoms with Gasteiger partial charge in [0.15, 0.2) is 0 Å². The van der Waals surface area contributed by atoms with E-state index < -0.39 is 0 Å². The first kappa shape index (κ1) is 19.9. The molecule has 28 heavy (non-hydrogen) atoms. The number of nitrogens with zero attached hydrogens (tertiary/aromatic N) is 1. The Bertz CT molecular complexity index is 837. The third-order valence-electron chi connectivity index (χ3n) is 4.92. The van der Waals surface area contributed by atoms with Gasteiger partial charge in [0.2, 0.25) is 11.8 Å². The van der Waals surface area contributed by atoms with Crippen LogP contribution in [0.4, 0.5) is 0 Å². The zero-order valence-electron chi connectivity index (χ0n) is 16.4. The number of ether oxygens (including phenoxy) is 1. The van der Waals surface area contributed by atoms with Crippen LogP contribution in [-0.4, -0.2) is 49.5 Å². The van der Waals surface area contributed by atoms with E-state index >= 15 is 0 Å². The Kier molecular flexibility index (Phi) is 6.66. The molecule has 0 aromatic heterocycles. The molecule has 1 atom stereocenters. The number of hydrogen-bond donors (Lipinski definition) is 2. The lowest BCUT2D eigenvalue weighted by Gasteiger charge is -2.35. The number of carbonyl (C=O) groups is 2. The maximum absolute atomic E-state index is 12.4. The molecule has 0 radical (unpaired) electrons.